The van der Waals surface area contributed by atoms with Crippen LogP contribution in [0.5, 0.6) is 5.75 Å². The summed E-state index contributed by atoms with van der Waals surface area (Å²) in [6.45, 7) is 4.04. The summed E-state index contributed by atoms with van der Waals surface area (Å²) in [5.41, 5.74) is 3.24. The van der Waals surface area contributed by atoms with Crippen LogP contribution in [0, 0.1) is 0 Å². The van der Waals surface area contributed by atoms with Gasteiger partial charge >= 0.3 is 0 Å². The average Bonchev–Trinajstić information content (AvgIpc) is 3.19. The van der Waals surface area contributed by atoms with E-state index in [9.17, 15) is 4.79 Å². The molecule has 26 heavy (non-hydrogen) atoms. The topological polar surface area (TPSA) is 41.6 Å². The second kappa shape index (κ2) is 9.39. The first-order valence-corrected chi connectivity index (χ1v) is 9.47. The van der Waals surface area contributed by atoms with E-state index in [1.807, 2.05) is 30.3 Å². The van der Waals surface area contributed by atoms with Crippen molar-refractivity contribution in [3.63, 3.8) is 0 Å². The predicted octanol–water partition coefficient (Wildman–Crippen LogP) is 3.65. The maximum absolute atomic E-state index is 12.3. The lowest BCUT2D eigenvalue weighted by Gasteiger charge is -2.14. The highest BCUT2D eigenvalue weighted by Crippen LogP contribution is 2.14. The van der Waals surface area contributed by atoms with Gasteiger partial charge in [-0.2, -0.15) is 0 Å². The molecule has 138 valence electrons. The molecule has 0 aliphatic carbocycles. The molecule has 3 rings (SSSR count). The van der Waals surface area contributed by atoms with Gasteiger partial charge in [-0.15, -0.1) is 0 Å². The van der Waals surface area contributed by atoms with Gasteiger partial charge in [-0.1, -0.05) is 24.3 Å². The van der Waals surface area contributed by atoms with Crippen LogP contribution in [-0.4, -0.2) is 37.6 Å². The molecule has 0 spiro atoms. The highest BCUT2D eigenvalue weighted by atomic mass is 16.5. The van der Waals surface area contributed by atoms with Crippen LogP contribution >= 0.6 is 0 Å². The molecule has 1 heterocycles. The summed E-state index contributed by atoms with van der Waals surface area (Å²) in [5.74, 6) is 0.879. The summed E-state index contributed by atoms with van der Waals surface area (Å²) in [6, 6.07) is 16.1. The maximum atomic E-state index is 12.3. The van der Waals surface area contributed by atoms with Crippen molar-refractivity contribution in [3.8, 4) is 5.75 Å². The summed E-state index contributed by atoms with van der Waals surface area (Å²) in [7, 11) is 1.68. The second-order valence-electron chi connectivity index (χ2n) is 6.89. The van der Waals surface area contributed by atoms with Crippen molar-refractivity contribution in [1.82, 2.24) is 10.2 Å². The molecular weight excluding hydrogens is 324 g/mol. The van der Waals surface area contributed by atoms with Crippen LogP contribution < -0.4 is 10.1 Å². The molecule has 0 bridgehead atoms. The molecule has 4 nitrogen and oxygen atoms in total. The summed E-state index contributed by atoms with van der Waals surface area (Å²) in [6.07, 6.45) is 4.44. The Morgan fingerprint density at radius 2 is 1.85 bits per heavy atom. The third-order valence-electron chi connectivity index (χ3n) is 4.88. The molecule has 0 aromatic heterocycles. The Balaban J connectivity index is 1.41. The van der Waals surface area contributed by atoms with Gasteiger partial charge in [0.15, 0.2) is 0 Å². The Labute approximate surface area is 156 Å². The highest BCUT2D eigenvalue weighted by Gasteiger charge is 2.12. The Morgan fingerprint density at radius 3 is 2.58 bits per heavy atom. The molecule has 2 aromatic carbocycles. The Bertz CT molecular complexity index is 706. The number of likely N-dealkylation sites (tertiary alicyclic amines) is 1. The molecular formula is C22H28N2O2. The fraction of sp³-hybridized carbons (Fsp3) is 0.409. The van der Waals surface area contributed by atoms with Crippen molar-refractivity contribution < 1.29 is 9.53 Å². The lowest BCUT2D eigenvalue weighted by atomic mass is 10.1. The summed E-state index contributed by atoms with van der Waals surface area (Å²) in [4.78, 5) is 14.7. The molecule has 0 saturated carbocycles. The predicted molar refractivity (Wildman–Crippen MR) is 105 cm³/mol. The zero-order valence-corrected chi connectivity index (χ0v) is 15.5. The van der Waals surface area contributed by atoms with E-state index in [1.54, 1.807) is 7.11 Å². The van der Waals surface area contributed by atoms with E-state index >= 15 is 0 Å². The lowest BCUT2D eigenvalue weighted by molar-refractivity contribution is 0.0953. The largest absolute Gasteiger partial charge is 0.497 e. The molecule has 0 radical (unpaired) electrons. The van der Waals surface area contributed by atoms with E-state index in [1.165, 1.54) is 37.1 Å². The van der Waals surface area contributed by atoms with Crippen LogP contribution in [-0.2, 0) is 13.0 Å². The third-order valence-corrected chi connectivity index (χ3v) is 4.88. The van der Waals surface area contributed by atoms with Crippen molar-refractivity contribution >= 4 is 5.91 Å². The molecule has 0 unspecified atom stereocenters. The molecule has 1 amide bonds. The number of rotatable bonds is 8. The van der Waals surface area contributed by atoms with Gasteiger partial charge in [-0.05, 0) is 74.2 Å². The van der Waals surface area contributed by atoms with Crippen molar-refractivity contribution in [1.29, 1.82) is 0 Å². The minimum Gasteiger partial charge on any atom is -0.497 e. The maximum Gasteiger partial charge on any atom is 0.251 e. The number of carbonyl (C=O) groups excluding carboxylic acids is 1. The first-order valence-electron chi connectivity index (χ1n) is 9.47. The van der Waals surface area contributed by atoms with Crippen molar-refractivity contribution in [2.24, 2.45) is 0 Å². The van der Waals surface area contributed by atoms with Gasteiger partial charge in [-0.25, -0.2) is 0 Å². The number of carbonyl (C=O) groups is 1. The van der Waals surface area contributed by atoms with Gasteiger partial charge < -0.3 is 10.1 Å². The van der Waals surface area contributed by atoms with E-state index in [4.69, 9.17) is 4.74 Å². The molecule has 0 atom stereocenters. The van der Waals surface area contributed by atoms with Gasteiger partial charge in [-0.3, -0.25) is 9.69 Å². The van der Waals surface area contributed by atoms with E-state index in [2.05, 4.69) is 28.4 Å². The molecule has 1 fully saturated rings. The van der Waals surface area contributed by atoms with Gasteiger partial charge in [0, 0.05) is 18.7 Å². The Kier molecular flexibility index (Phi) is 6.67. The highest BCUT2D eigenvalue weighted by molar-refractivity contribution is 5.94. The summed E-state index contributed by atoms with van der Waals surface area (Å²) < 4.78 is 5.24. The van der Waals surface area contributed by atoms with Gasteiger partial charge in [0.25, 0.3) is 5.91 Å². The fourth-order valence-electron chi connectivity index (χ4n) is 3.38. The Morgan fingerprint density at radius 1 is 1.08 bits per heavy atom. The first kappa shape index (κ1) is 18.5. The summed E-state index contributed by atoms with van der Waals surface area (Å²) >= 11 is 0. The number of hydrogen-bond donors (Lipinski definition) is 1. The number of ether oxygens (including phenoxy) is 1. The molecule has 1 aliphatic heterocycles. The van der Waals surface area contributed by atoms with Crippen molar-refractivity contribution in [2.45, 2.75) is 32.2 Å². The number of nitrogens with zero attached hydrogens (tertiary/aromatic N) is 1. The van der Waals surface area contributed by atoms with Crippen LogP contribution in [0.15, 0.2) is 48.5 Å². The van der Waals surface area contributed by atoms with E-state index < -0.39 is 0 Å². The van der Waals surface area contributed by atoms with Crippen LogP contribution in [0.3, 0.4) is 0 Å². The zero-order chi connectivity index (χ0) is 18.2. The van der Waals surface area contributed by atoms with Crippen LogP contribution in [0.2, 0.25) is 0 Å². The summed E-state index contributed by atoms with van der Waals surface area (Å²) in [5, 5.41) is 3.01. The monoisotopic (exact) mass is 352 g/mol. The number of aryl methyl sites for hydroxylation is 1. The number of amides is 1. The van der Waals surface area contributed by atoms with Crippen molar-refractivity contribution in [2.75, 3.05) is 26.7 Å². The zero-order valence-electron chi connectivity index (χ0n) is 15.5. The second-order valence-corrected chi connectivity index (χ2v) is 6.89. The first-order chi connectivity index (χ1) is 12.7. The molecule has 2 aromatic rings. The molecule has 4 heteroatoms. The normalized spacial score (nSPS) is 14.3. The van der Waals surface area contributed by atoms with Crippen LogP contribution in [0.25, 0.3) is 0 Å². The molecule has 1 N–H and O–H groups in total. The minimum atomic E-state index is 0.00312. The quantitative estimate of drug-likeness (QED) is 0.737. The van der Waals surface area contributed by atoms with Gasteiger partial charge in [0.05, 0.1) is 7.11 Å². The van der Waals surface area contributed by atoms with Gasteiger partial charge in [0.2, 0.25) is 0 Å². The average molecular weight is 352 g/mol. The van der Waals surface area contributed by atoms with Crippen LogP contribution in [0.4, 0.5) is 0 Å². The van der Waals surface area contributed by atoms with Crippen molar-refractivity contribution in [3.05, 3.63) is 65.2 Å². The van der Waals surface area contributed by atoms with Gasteiger partial charge in [0.1, 0.15) is 5.75 Å². The minimum absolute atomic E-state index is 0.00312. The smallest absolute Gasteiger partial charge is 0.251 e. The van der Waals surface area contributed by atoms with E-state index in [0.717, 1.165) is 30.7 Å². The van der Waals surface area contributed by atoms with E-state index in [0.29, 0.717) is 6.54 Å². The molecule has 1 aliphatic rings. The SMILES string of the molecule is COc1cccc(CCCNC(=O)c2ccc(CN3CCCC3)cc2)c1. The number of hydrogen-bond acceptors (Lipinski definition) is 3. The number of benzene rings is 2. The standard InChI is InChI=1S/C22H28N2O2/c1-26-21-8-4-6-18(16-21)7-5-13-23-22(25)20-11-9-19(10-12-20)17-24-14-2-3-15-24/h4,6,8-12,16H,2-3,5,7,13-15,17H2,1H3,(H,23,25). The number of methoxy groups -OCH3 is 1. The fourth-order valence-corrected chi connectivity index (χ4v) is 3.38. The third kappa shape index (κ3) is 5.33. The molecule has 1 saturated heterocycles. The van der Waals surface area contributed by atoms with E-state index in [-0.39, 0.29) is 5.91 Å². The lowest BCUT2D eigenvalue weighted by Crippen LogP contribution is -2.25. The Hall–Kier alpha value is -2.33. The van der Waals surface area contributed by atoms with Crippen LogP contribution in [0.1, 0.15) is 40.7 Å². The number of nitrogens with one attached hydrogen (secondary N) is 1.